The lowest BCUT2D eigenvalue weighted by molar-refractivity contribution is -0.127. The summed E-state index contributed by atoms with van der Waals surface area (Å²) in [7, 11) is 3.03. The van der Waals surface area contributed by atoms with E-state index in [0.717, 1.165) is 27.8 Å². The van der Waals surface area contributed by atoms with Crippen LogP contribution in [-0.4, -0.2) is 42.7 Å². The maximum absolute atomic E-state index is 12.7. The highest BCUT2D eigenvalue weighted by molar-refractivity contribution is 9.10. The summed E-state index contributed by atoms with van der Waals surface area (Å²) in [4.78, 5) is 38.7. The maximum Gasteiger partial charge on any atom is 0.294 e. The first-order valence-electron chi connectivity index (χ1n) is 9.27. The van der Waals surface area contributed by atoms with Crippen LogP contribution in [0.1, 0.15) is 16.7 Å². The predicted octanol–water partition coefficient (Wildman–Crippen LogP) is 4.76. The normalized spacial score (nSPS) is 14.9. The number of nitrogens with one attached hydrogen (secondary N) is 1. The lowest BCUT2D eigenvalue weighted by Gasteiger charge is -2.13. The van der Waals surface area contributed by atoms with Crippen LogP contribution in [0.15, 0.2) is 39.7 Å². The second-order valence-electron chi connectivity index (χ2n) is 6.93. The number of carbonyl (C=O) groups is 3. The fourth-order valence-corrected chi connectivity index (χ4v) is 4.66. The van der Waals surface area contributed by atoms with E-state index in [2.05, 4.69) is 21.2 Å². The number of nitrogens with zero attached hydrogens (tertiary/aromatic N) is 1. The molecule has 9 heteroatoms. The molecule has 3 amide bonds. The molecule has 1 aliphatic heterocycles. The van der Waals surface area contributed by atoms with Gasteiger partial charge in [-0.05, 0) is 88.6 Å². The van der Waals surface area contributed by atoms with E-state index in [1.165, 1.54) is 14.2 Å². The van der Waals surface area contributed by atoms with Crippen molar-refractivity contribution >= 4 is 56.5 Å². The van der Waals surface area contributed by atoms with Crippen molar-refractivity contribution in [3.05, 3.63) is 56.4 Å². The molecule has 1 N–H and O–H groups in total. The average molecular weight is 505 g/mol. The third kappa shape index (κ3) is 5.29. The lowest BCUT2D eigenvalue weighted by Crippen LogP contribution is -2.36. The van der Waals surface area contributed by atoms with Gasteiger partial charge in [0.05, 0.1) is 23.6 Å². The zero-order valence-electron chi connectivity index (χ0n) is 17.4. The van der Waals surface area contributed by atoms with Gasteiger partial charge in [-0.1, -0.05) is 6.07 Å². The molecular weight excluding hydrogens is 484 g/mol. The first kappa shape index (κ1) is 22.9. The number of ether oxygens (including phenoxy) is 2. The number of methoxy groups -OCH3 is 2. The summed E-state index contributed by atoms with van der Waals surface area (Å²) in [5.74, 6) is 0.0462. The molecule has 0 radical (unpaired) electrons. The van der Waals surface area contributed by atoms with E-state index in [9.17, 15) is 14.4 Å². The molecule has 3 rings (SSSR count). The molecule has 0 bridgehead atoms. The summed E-state index contributed by atoms with van der Waals surface area (Å²) >= 11 is 4.20. The first-order valence-corrected chi connectivity index (χ1v) is 10.9. The van der Waals surface area contributed by atoms with Gasteiger partial charge in [-0.3, -0.25) is 19.3 Å². The van der Waals surface area contributed by atoms with Gasteiger partial charge in [0, 0.05) is 5.69 Å². The van der Waals surface area contributed by atoms with Crippen molar-refractivity contribution in [2.45, 2.75) is 13.8 Å². The van der Waals surface area contributed by atoms with Crippen LogP contribution in [0.3, 0.4) is 0 Å². The molecule has 7 nitrogen and oxygen atoms in total. The zero-order chi connectivity index (χ0) is 22.7. The van der Waals surface area contributed by atoms with Crippen molar-refractivity contribution in [2.75, 3.05) is 26.1 Å². The molecule has 0 atom stereocenters. The van der Waals surface area contributed by atoms with E-state index >= 15 is 0 Å². The van der Waals surface area contributed by atoms with Crippen molar-refractivity contribution in [1.82, 2.24) is 4.90 Å². The molecule has 0 unspecified atom stereocenters. The molecule has 0 saturated carbocycles. The van der Waals surface area contributed by atoms with Crippen molar-refractivity contribution in [3.63, 3.8) is 0 Å². The fraction of sp³-hybridized carbons (Fsp3) is 0.227. The second-order valence-corrected chi connectivity index (χ2v) is 8.78. The van der Waals surface area contributed by atoms with Gasteiger partial charge < -0.3 is 14.8 Å². The topological polar surface area (TPSA) is 84.9 Å². The number of hydrogen-bond donors (Lipinski definition) is 1. The number of aryl methyl sites for hydroxylation is 2. The standard InChI is InChI=1S/C22H21BrN2O5S/c1-12-5-13(2)7-15(6-12)24-19(26)11-25-21(27)18(31-22(25)28)10-14-8-16(23)20(30-4)17(9-14)29-3/h5-10H,11H2,1-4H3,(H,24,26)/b18-10+. The molecule has 1 aliphatic rings. The van der Waals surface area contributed by atoms with E-state index in [4.69, 9.17) is 9.47 Å². The van der Waals surface area contributed by atoms with Gasteiger partial charge in [-0.25, -0.2) is 0 Å². The van der Waals surface area contributed by atoms with Gasteiger partial charge >= 0.3 is 0 Å². The Morgan fingerprint density at radius 3 is 2.39 bits per heavy atom. The Morgan fingerprint density at radius 1 is 1.10 bits per heavy atom. The van der Waals surface area contributed by atoms with E-state index in [-0.39, 0.29) is 11.4 Å². The maximum atomic E-state index is 12.7. The Hall–Kier alpha value is -2.78. The number of carbonyl (C=O) groups excluding carboxylic acids is 3. The Bertz CT molecular complexity index is 1080. The minimum atomic E-state index is -0.517. The van der Waals surface area contributed by atoms with Crippen molar-refractivity contribution in [1.29, 1.82) is 0 Å². The van der Waals surface area contributed by atoms with Crippen molar-refractivity contribution in [2.24, 2.45) is 0 Å². The highest BCUT2D eigenvalue weighted by Gasteiger charge is 2.36. The summed E-state index contributed by atoms with van der Waals surface area (Å²) in [5, 5.41) is 2.25. The molecular formula is C22H21BrN2O5S. The van der Waals surface area contributed by atoms with Crippen molar-refractivity contribution in [3.8, 4) is 11.5 Å². The van der Waals surface area contributed by atoms with Gasteiger partial charge in [-0.15, -0.1) is 0 Å². The largest absolute Gasteiger partial charge is 0.493 e. The van der Waals surface area contributed by atoms with Crippen LogP contribution in [0.4, 0.5) is 10.5 Å². The smallest absolute Gasteiger partial charge is 0.294 e. The van der Waals surface area contributed by atoms with Crippen LogP contribution in [0.25, 0.3) is 6.08 Å². The highest BCUT2D eigenvalue weighted by atomic mass is 79.9. The third-order valence-electron chi connectivity index (χ3n) is 4.43. The van der Waals surface area contributed by atoms with Gasteiger partial charge in [0.25, 0.3) is 11.1 Å². The summed E-state index contributed by atoms with van der Waals surface area (Å²) in [5.41, 5.74) is 3.28. The van der Waals surface area contributed by atoms with Gasteiger partial charge in [0.1, 0.15) is 6.54 Å². The van der Waals surface area contributed by atoms with Gasteiger partial charge in [-0.2, -0.15) is 0 Å². The number of thioether (sulfide) groups is 1. The number of anilines is 1. The molecule has 0 aliphatic carbocycles. The van der Waals surface area contributed by atoms with E-state index < -0.39 is 17.1 Å². The zero-order valence-corrected chi connectivity index (χ0v) is 19.8. The fourth-order valence-electron chi connectivity index (χ4n) is 3.20. The molecule has 0 aromatic heterocycles. The molecule has 1 heterocycles. The SMILES string of the molecule is COc1cc(/C=C2/SC(=O)N(CC(=O)Nc3cc(C)cc(C)c3)C2=O)cc(Br)c1OC. The number of hydrogen-bond acceptors (Lipinski definition) is 6. The summed E-state index contributed by atoms with van der Waals surface area (Å²) in [6.07, 6.45) is 1.58. The van der Waals surface area contributed by atoms with Gasteiger partial charge in [0.2, 0.25) is 5.91 Å². The summed E-state index contributed by atoms with van der Waals surface area (Å²) in [6.45, 7) is 3.50. The number of benzene rings is 2. The Balaban J connectivity index is 1.76. The molecule has 2 aromatic rings. The second kappa shape index (κ2) is 9.57. The van der Waals surface area contributed by atoms with Crippen molar-refractivity contribution < 1.29 is 23.9 Å². The molecule has 2 aromatic carbocycles. The number of rotatable bonds is 6. The molecule has 1 fully saturated rings. The Kier molecular flexibility index (Phi) is 7.07. The van der Waals surface area contributed by atoms with E-state index in [1.54, 1.807) is 18.2 Å². The van der Waals surface area contributed by atoms with E-state index in [1.807, 2.05) is 32.0 Å². The third-order valence-corrected chi connectivity index (χ3v) is 5.93. The van der Waals surface area contributed by atoms with Crippen LogP contribution in [0, 0.1) is 13.8 Å². The van der Waals surface area contributed by atoms with Crippen LogP contribution >= 0.6 is 27.7 Å². The molecule has 31 heavy (non-hydrogen) atoms. The minimum Gasteiger partial charge on any atom is -0.493 e. The molecule has 1 saturated heterocycles. The van der Waals surface area contributed by atoms with Crippen LogP contribution in [0.2, 0.25) is 0 Å². The first-order chi connectivity index (χ1) is 14.7. The Labute approximate surface area is 192 Å². The lowest BCUT2D eigenvalue weighted by atomic mass is 10.1. The van der Waals surface area contributed by atoms with Crippen LogP contribution in [0.5, 0.6) is 11.5 Å². The van der Waals surface area contributed by atoms with Crippen LogP contribution < -0.4 is 14.8 Å². The molecule has 162 valence electrons. The number of halogens is 1. The molecule has 0 spiro atoms. The monoisotopic (exact) mass is 504 g/mol. The quantitative estimate of drug-likeness (QED) is 0.570. The average Bonchev–Trinajstić information content (AvgIpc) is 2.94. The predicted molar refractivity (Wildman–Crippen MR) is 124 cm³/mol. The summed E-state index contributed by atoms with van der Waals surface area (Å²) < 4.78 is 11.2. The van der Waals surface area contributed by atoms with E-state index in [0.29, 0.717) is 27.2 Å². The van der Waals surface area contributed by atoms with Crippen LogP contribution in [-0.2, 0) is 9.59 Å². The minimum absolute atomic E-state index is 0.225. The number of amides is 3. The van der Waals surface area contributed by atoms with Gasteiger partial charge in [0.15, 0.2) is 11.5 Å². The summed E-state index contributed by atoms with van der Waals surface area (Å²) in [6, 6.07) is 9.09. The Morgan fingerprint density at radius 2 is 1.77 bits per heavy atom. The highest BCUT2D eigenvalue weighted by Crippen LogP contribution is 2.38. The number of imide groups is 1.